The minimum Gasteiger partial charge on any atom is -0.497 e. The zero-order valence-electron chi connectivity index (χ0n) is 16.6. The smallest absolute Gasteiger partial charge is 0.259 e. The summed E-state index contributed by atoms with van der Waals surface area (Å²) >= 11 is 0. The normalized spacial score (nSPS) is 20.1. The number of carbonyl (C=O) groups is 2. The van der Waals surface area contributed by atoms with Gasteiger partial charge in [-0.05, 0) is 66.2 Å². The van der Waals surface area contributed by atoms with Crippen LogP contribution in [-0.4, -0.2) is 30.7 Å². The van der Waals surface area contributed by atoms with E-state index in [0.29, 0.717) is 22.8 Å². The van der Waals surface area contributed by atoms with Crippen molar-refractivity contribution in [1.29, 1.82) is 0 Å². The number of amides is 2. The largest absolute Gasteiger partial charge is 0.497 e. The van der Waals surface area contributed by atoms with Gasteiger partial charge in [-0.25, -0.2) is 9.29 Å². The average Bonchev–Trinajstić information content (AvgIpc) is 3.32. The van der Waals surface area contributed by atoms with Gasteiger partial charge in [0.15, 0.2) is 0 Å². The van der Waals surface area contributed by atoms with Crippen LogP contribution < -0.4 is 14.6 Å². The van der Waals surface area contributed by atoms with Crippen molar-refractivity contribution in [2.75, 3.05) is 17.0 Å². The summed E-state index contributed by atoms with van der Waals surface area (Å²) in [6, 6.07) is 21.0. The lowest BCUT2D eigenvalue weighted by molar-refractivity contribution is -0.121. The van der Waals surface area contributed by atoms with Crippen molar-refractivity contribution in [2.45, 2.75) is 6.04 Å². The third kappa shape index (κ3) is 3.06. The highest BCUT2D eigenvalue weighted by molar-refractivity contribution is 6.34. The molecule has 2 atom stereocenters. The third-order valence-corrected chi connectivity index (χ3v) is 5.54. The lowest BCUT2D eigenvalue weighted by atomic mass is 9.93. The van der Waals surface area contributed by atoms with Gasteiger partial charge in [0.25, 0.3) is 5.91 Å². The maximum atomic E-state index is 13.4. The van der Waals surface area contributed by atoms with E-state index < -0.39 is 23.7 Å². The highest BCUT2D eigenvalue weighted by Gasteiger charge is 2.57. The molecule has 0 spiro atoms. The summed E-state index contributed by atoms with van der Waals surface area (Å²) in [5.41, 5.74) is 2.30. The summed E-state index contributed by atoms with van der Waals surface area (Å²) in [6.07, 6.45) is 0. The number of hydrogen-bond donors (Lipinski definition) is 0. The lowest BCUT2D eigenvalue weighted by Crippen LogP contribution is -2.39. The molecule has 0 aromatic heterocycles. The number of rotatable bonds is 4. The molecule has 5 rings (SSSR count). The van der Waals surface area contributed by atoms with Crippen molar-refractivity contribution in [3.63, 3.8) is 0 Å². The highest BCUT2D eigenvalue weighted by atomic mass is 19.1. The minimum atomic E-state index is -0.808. The molecule has 7 heteroatoms. The molecule has 3 aromatic carbocycles. The van der Waals surface area contributed by atoms with E-state index in [1.165, 1.54) is 24.3 Å². The first-order chi connectivity index (χ1) is 15.1. The van der Waals surface area contributed by atoms with Crippen molar-refractivity contribution >= 4 is 28.9 Å². The SMILES string of the molecule is COc1ccc(C2=NN(c3ccccc3)[C@@H]3C(=O)N(c4ccc(F)cc4)C(=O)[C@H]23)cc1. The molecule has 31 heavy (non-hydrogen) atoms. The van der Waals surface area contributed by atoms with Gasteiger partial charge in [0, 0.05) is 0 Å². The number of hydrogen-bond acceptors (Lipinski definition) is 5. The number of hydrazone groups is 1. The van der Waals surface area contributed by atoms with E-state index in [2.05, 4.69) is 0 Å². The minimum absolute atomic E-state index is 0.341. The van der Waals surface area contributed by atoms with E-state index >= 15 is 0 Å². The predicted molar refractivity (Wildman–Crippen MR) is 115 cm³/mol. The Balaban J connectivity index is 1.61. The van der Waals surface area contributed by atoms with Crippen LogP contribution in [0.2, 0.25) is 0 Å². The number of carbonyl (C=O) groups excluding carboxylic acids is 2. The summed E-state index contributed by atoms with van der Waals surface area (Å²) in [4.78, 5) is 28.0. The molecule has 2 amide bonds. The van der Waals surface area contributed by atoms with Gasteiger partial charge in [-0.3, -0.25) is 14.6 Å². The second-order valence-corrected chi connectivity index (χ2v) is 7.30. The summed E-state index contributed by atoms with van der Waals surface area (Å²) in [6.45, 7) is 0. The summed E-state index contributed by atoms with van der Waals surface area (Å²) in [5, 5.41) is 6.30. The van der Waals surface area contributed by atoms with Crippen LogP contribution in [0.15, 0.2) is 84.0 Å². The predicted octanol–water partition coefficient (Wildman–Crippen LogP) is 3.62. The Morgan fingerprint density at radius 2 is 1.52 bits per heavy atom. The maximum absolute atomic E-state index is 13.4. The fourth-order valence-electron chi connectivity index (χ4n) is 4.05. The lowest BCUT2D eigenvalue weighted by Gasteiger charge is -2.22. The quantitative estimate of drug-likeness (QED) is 0.611. The molecule has 0 N–H and O–H groups in total. The van der Waals surface area contributed by atoms with Crippen LogP contribution in [0, 0.1) is 11.7 Å². The fraction of sp³-hybridized carbons (Fsp3) is 0.125. The molecule has 1 fully saturated rings. The molecule has 2 aliphatic rings. The van der Waals surface area contributed by atoms with E-state index in [1.54, 1.807) is 24.3 Å². The summed E-state index contributed by atoms with van der Waals surface area (Å²) in [5.74, 6) is -1.30. The molecule has 3 aromatic rings. The van der Waals surface area contributed by atoms with Crippen LogP contribution in [-0.2, 0) is 9.59 Å². The number of benzene rings is 3. The Kier molecular flexibility index (Phi) is 4.51. The molecule has 0 radical (unpaired) electrons. The topological polar surface area (TPSA) is 62.2 Å². The molecular formula is C24H18FN3O3. The van der Waals surface area contributed by atoms with Gasteiger partial charge in [0.2, 0.25) is 5.91 Å². The number of methoxy groups -OCH3 is 1. The highest BCUT2D eigenvalue weighted by Crippen LogP contribution is 2.39. The summed E-state index contributed by atoms with van der Waals surface area (Å²) < 4.78 is 18.6. The number of ether oxygens (including phenoxy) is 1. The molecule has 6 nitrogen and oxygen atoms in total. The number of anilines is 2. The van der Waals surface area contributed by atoms with Crippen molar-refractivity contribution in [3.05, 3.63) is 90.2 Å². The number of para-hydroxylation sites is 1. The first-order valence-corrected chi connectivity index (χ1v) is 9.79. The Morgan fingerprint density at radius 1 is 0.839 bits per heavy atom. The first kappa shape index (κ1) is 19.0. The zero-order valence-corrected chi connectivity index (χ0v) is 16.6. The molecule has 154 valence electrons. The third-order valence-electron chi connectivity index (χ3n) is 5.54. The van der Waals surface area contributed by atoms with Crippen LogP contribution in [0.1, 0.15) is 5.56 Å². The fourth-order valence-corrected chi connectivity index (χ4v) is 4.05. The Bertz CT molecular complexity index is 1180. The van der Waals surface area contributed by atoms with Crippen LogP contribution in [0.5, 0.6) is 5.75 Å². The molecule has 0 saturated carbocycles. The Morgan fingerprint density at radius 3 is 2.16 bits per heavy atom. The molecule has 2 aliphatic heterocycles. The van der Waals surface area contributed by atoms with Gasteiger partial charge < -0.3 is 4.74 Å². The van der Waals surface area contributed by atoms with Gasteiger partial charge in [-0.2, -0.15) is 5.10 Å². The Labute approximate surface area is 178 Å². The van der Waals surface area contributed by atoms with Crippen molar-refractivity contribution in [2.24, 2.45) is 11.0 Å². The molecule has 0 unspecified atom stereocenters. The average molecular weight is 415 g/mol. The zero-order chi connectivity index (χ0) is 21.5. The molecule has 0 bridgehead atoms. The van der Waals surface area contributed by atoms with E-state index in [1.807, 2.05) is 42.5 Å². The molecule has 0 aliphatic carbocycles. The van der Waals surface area contributed by atoms with E-state index in [0.717, 1.165) is 10.5 Å². The van der Waals surface area contributed by atoms with Gasteiger partial charge >= 0.3 is 0 Å². The monoisotopic (exact) mass is 415 g/mol. The van der Waals surface area contributed by atoms with Crippen LogP contribution in [0.4, 0.5) is 15.8 Å². The second-order valence-electron chi connectivity index (χ2n) is 7.30. The number of imide groups is 1. The van der Waals surface area contributed by atoms with Gasteiger partial charge in [0.1, 0.15) is 23.5 Å². The maximum Gasteiger partial charge on any atom is 0.259 e. The number of fused-ring (bicyclic) bond motifs is 1. The second kappa shape index (κ2) is 7.36. The standard InChI is InChI=1S/C24H18FN3O3/c1-31-19-13-7-15(8-14-19)21-20-22(28(26-21)18-5-3-2-4-6-18)24(30)27(23(20)29)17-11-9-16(25)10-12-17/h2-14,20,22H,1H3/t20-,22+/m1/s1. The molecule has 1 saturated heterocycles. The van der Waals surface area contributed by atoms with Crippen LogP contribution in [0.3, 0.4) is 0 Å². The summed E-state index contributed by atoms with van der Waals surface area (Å²) in [7, 11) is 1.58. The van der Waals surface area contributed by atoms with Gasteiger partial charge in [-0.15, -0.1) is 0 Å². The molecule has 2 heterocycles. The Hall–Kier alpha value is -4.00. The van der Waals surface area contributed by atoms with E-state index in [-0.39, 0.29) is 5.91 Å². The van der Waals surface area contributed by atoms with Crippen molar-refractivity contribution in [1.82, 2.24) is 0 Å². The van der Waals surface area contributed by atoms with Gasteiger partial charge in [-0.1, -0.05) is 18.2 Å². The molecular weight excluding hydrogens is 397 g/mol. The van der Waals surface area contributed by atoms with Crippen LogP contribution in [0.25, 0.3) is 0 Å². The first-order valence-electron chi connectivity index (χ1n) is 9.79. The number of halogens is 1. The van der Waals surface area contributed by atoms with Crippen molar-refractivity contribution in [3.8, 4) is 5.75 Å². The van der Waals surface area contributed by atoms with E-state index in [9.17, 15) is 14.0 Å². The van der Waals surface area contributed by atoms with E-state index in [4.69, 9.17) is 9.84 Å². The van der Waals surface area contributed by atoms with Crippen LogP contribution >= 0.6 is 0 Å². The number of nitrogens with zero attached hydrogens (tertiary/aromatic N) is 3. The van der Waals surface area contributed by atoms with Crippen molar-refractivity contribution < 1.29 is 18.7 Å². The van der Waals surface area contributed by atoms with Gasteiger partial charge in [0.05, 0.1) is 24.2 Å².